The molecule has 4 N–H and O–H groups in total. The van der Waals surface area contributed by atoms with Gasteiger partial charge in [0.25, 0.3) is 0 Å². The number of aliphatic carboxylic acids is 1. The van der Waals surface area contributed by atoms with Crippen LogP contribution >= 0.6 is 0 Å². The van der Waals surface area contributed by atoms with Crippen molar-refractivity contribution in [3.63, 3.8) is 0 Å². The lowest BCUT2D eigenvalue weighted by molar-refractivity contribution is -0.143. The molecule has 1 aliphatic carbocycles. The van der Waals surface area contributed by atoms with Gasteiger partial charge < -0.3 is 30.7 Å². The van der Waals surface area contributed by atoms with Crippen LogP contribution in [0, 0.1) is 11.8 Å². The third kappa shape index (κ3) is 7.65. The van der Waals surface area contributed by atoms with Crippen molar-refractivity contribution in [1.82, 2.24) is 20.9 Å². The number of carboxylic acids is 1. The van der Waals surface area contributed by atoms with Crippen LogP contribution < -0.4 is 16.0 Å². The molecule has 0 spiro atoms. The van der Waals surface area contributed by atoms with E-state index in [4.69, 9.17) is 9.84 Å². The van der Waals surface area contributed by atoms with Gasteiger partial charge in [0.1, 0.15) is 25.2 Å². The minimum absolute atomic E-state index is 0.0953. The van der Waals surface area contributed by atoms with E-state index < -0.39 is 55.0 Å². The number of carbonyl (C=O) groups excluding carboxylic acids is 4. The van der Waals surface area contributed by atoms with Crippen LogP contribution in [0.5, 0.6) is 0 Å². The summed E-state index contributed by atoms with van der Waals surface area (Å²) in [6, 6.07) is 14.1. The summed E-state index contributed by atoms with van der Waals surface area (Å²) in [4.78, 5) is 63.5. The minimum atomic E-state index is -1.21. The number of fused-ring (bicyclic) bond motifs is 3. The fourth-order valence-electron chi connectivity index (χ4n) is 5.24. The Morgan fingerprint density at radius 2 is 1.48 bits per heavy atom. The maximum atomic E-state index is 13.7. The molecule has 0 unspecified atom stereocenters. The average molecular weight is 581 g/mol. The third-order valence-corrected chi connectivity index (χ3v) is 7.62. The molecule has 0 radical (unpaired) electrons. The zero-order valence-corrected chi connectivity index (χ0v) is 24.7. The first-order valence-electron chi connectivity index (χ1n) is 14.1. The Kier molecular flexibility index (Phi) is 11.1. The number of hydrogen-bond donors (Lipinski definition) is 4. The molecule has 0 fully saturated rings. The van der Waals surface area contributed by atoms with Gasteiger partial charge in [-0.3, -0.25) is 19.2 Å². The van der Waals surface area contributed by atoms with E-state index in [1.54, 1.807) is 13.8 Å². The lowest BCUT2D eigenvalue weighted by Gasteiger charge is -2.34. The van der Waals surface area contributed by atoms with Crippen LogP contribution in [-0.2, 0) is 23.9 Å². The summed E-state index contributed by atoms with van der Waals surface area (Å²) in [5.74, 6) is -3.65. The monoisotopic (exact) mass is 580 g/mol. The first-order valence-corrected chi connectivity index (χ1v) is 14.1. The summed E-state index contributed by atoms with van der Waals surface area (Å²) in [5, 5.41) is 16.1. The fraction of sp³-hybridized carbons (Fsp3) is 0.452. The minimum Gasteiger partial charge on any atom is -0.480 e. The number of amides is 4. The summed E-state index contributed by atoms with van der Waals surface area (Å²) in [7, 11) is 1.48. The second-order valence-electron chi connectivity index (χ2n) is 10.9. The van der Waals surface area contributed by atoms with Gasteiger partial charge >= 0.3 is 12.1 Å². The van der Waals surface area contributed by atoms with E-state index in [1.165, 1.54) is 11.9 Å². The van der Waals surface area contributed by atoms with E-state index in [2.05, 4.69) is 16.0 Å². The number of carboxylic acid groups (broad SMARTS) is 1. The van der Waals surface area contributed by atoms with Crippen molar-refractivity contribution in [3.05, 3.63) is 59.7 Å². The molecule has 42 heavy (non-hydrogen) atoms. The maximum Gasteiger partial charge on any atom is 0.407 e. The molecule has 3 rings (SSSR count). The Hall–Kier alpha value is -4.41. The molecule has 0 heterocycles. The molecule has 2 aromatic carbocycles. The summed E-state index contributed by atoms with van der Waals surface area (Å²) in [6.07, 6.45) is -0.152. The van der Waals surface area contributed by atoms with E-state index in [-0.39, 0.29) is 24.4 Å². The highest BCUT2D eigenvalue weighted by molar-refractivity contribution is 5.93. The Bertz CT molecular complexity index is 1270. The quantitative estimate of drug-likeness (QED) is 0.284. The lowest BCUT2D eigenvalue weighted by Crippen LogP contribution is -2.58. The molecule has 226 valence electrons. The van der Waals surface area contributed by atoms with Gasteiger partial charge in [0.05, 0.1) is 6.54 Å². The molecule has 11 nitrogen and oxygen atoms in total. The molecule has 0 bridgehead atoms. The van der Waals surface area contributed by atoms with E-state index in [1.807, 2.05) is 62.4 Å². The highest BCUT2D eigenvalue weighted by atomic mass is 16.5. The third-order valence-electron chi connectivity index (χ3n) is 7.62. The van der Waals surface area contributed by atoms with E-state index in [9.17, 15) is 24.0 Å². The fourth-order valence-corrected chi connectivity index (χ4v) is 5.24. The Labute approximate surface area is 246 Å². The van der Waals surface area contributed by atoms with Gasteiger partial charge in [-0.15, -0.1) is 0 Å². The first-order chi connectivity index (χ1) is 20.0. The average Bonchev–Trinajstić information content (AvgIpc) is 3.29. The van der Waals surface area contributed by atoms with Gasteiger partial charge in [0.2, 0.25) is 17.7 Å². The molecule has 11 heteroatoms. The molecule has 4 amide bonds. The van der Waals surface area contributed by atoms with Crippen molar-refractivity contribution in [2.75, 3.05) is 26.7 Å². The van der Waals surface area contributed by atoms with Crippen LogP contribution in [0.1, 0.15) is 51.2 Å². The number of nitrogens with one attached hydrogen (secondary N) is 3. The van der Waals surface area contributed by atoms with Crippen LogP contribution in [0.25, 0.3) is 11.1 Å². The topological polar surface area (TPSA) is 154 Å². The van der Waals surface area contributed by atoms with Gasteiger partial charge in [0.15, 0.2) is 0 Å². The van der Waals surface area contributed by atoms with Crippen LogP contribution in [0.15, 0.2) is 48.5 Å². The SMILES string of the molecule is CC[C@H](C)[C@H](NC(=O)OCC1c2ccccc2-c2ccccc21)C(=O)N(C)[C@H](C(=O)NCC(=O)NCC(=O)O)C(C)C. The normalized spacial score (nSPS) is 14.1. The number of rotatable bonds is 13. The van der Waals surface area contributed by atoms with Gasteiger partial charge in [-0.2, -0.15) is 0 Å². The van der Waals surface area contributed by atoms with E-state index in [0.29, 0.717) is 6.42 Å². The number of alkyl carbamates (subject to hydrolysis) is 1. The highest BCUT2D eigenvalue weighted by Crippen LogP contribution is 2.44. The Morgan fingerprint density at radius 1 is 0.905 bits per heavy atom. The van der Waals surface area contributed by atoms with Crippen molar-refractivity contribution in [1.29, 1.82) is 0 Å². The van der Waals surface area contributed by atoms with Crippen molar-refractivity contribution in [2.24, 2.45) is 11.8 Å². The van der Waals surface area contributed by atoms with Crippen LogP contribution in [0.4, 0.5) is 4.79 Å². The van der Waals surface area contributed by atoms with Crippen molar-refractivity contribution >= 4 is 29.8 Å². The highest BCUT2D eigenvalue weighted by Gasteiger charge is 2.37. The number of likely N-dealkylation sites (N-methyl/N-ethyl adjacent to an activating group) is 1. The second kappa shape index (κ2) is 14.5. The molecule has 0 saturated carbocycles. The Morgan fingerprint density at radius 3 is 2.00 bits per heavy atom. The molecule has 2 aromatic rings. The summed E-state index contributed by atoms with van der Waals surface area (Å²) >= 11 is 0. The van der Waals surface area contributed by atoms with Gasteiger partial charge in [-0.25, -0.2) is 4.79 Å². The smallest absolute Gasteiger partial charge is 0.407 e. The molecule has 0 aromatic heterocycles. The molecule has 1 aliphatic rings. The summed E-state index contributed by atoms with van der Waals surface area (Å²) in [6.45, 7) is 6.33. The zero-order chi connectivity index (χ0) is 31.0. The number of nitrogens with zero attached hydrogens (tertiary/aromatic N) is 1. The number of hydrogen-bond acceptors (Lipinski definition) is 6. The number of carbonyl (C=O) groups is 5. The number of ether oxygens (including phenoxy) is 1. The van der Waals surface area contributed by atoms with Gasteiger partial charge in [0, 0.05) is 13.0 Å². The Balaban J connectivity index is 1.67. The maximum absolute atomic E-state index is 13.7. The molecule has 0 aliphatic heterocycles. The van der Waals surface area contributed by atoms with E-state index >= 15 is 0 Å². The van der Waals surface area contributed by atoms with Crippen molar-refractivity contribution in [3.8, 4) is 11.1 Å². The molecular formula is C31H40N4O7. The lowest BCUT2D eigenvalue weighted by atomic mass is 9.95. The number of benzene rings is 2. The molecule has 0 saturated heterocycles. The van der Waals surface area contributed by atoms with Crippen LogP contribution in [-0.4, -0.2) is 78.6 Å². The summed E-state index contributed by atoms with van der Waals surface area (Å²) in [5.41, 5.74) is 4.36. The standard InChI is InChI=1S/C31H40N4O7/c1-6-19(4)27(30(40)35(5)28(18(2)3)29(39)33-15-25(36)32-16-26(37)38)34-31(41)42-17-24-22-13-9-7-11-20(22)21-12-8-10-14-23(21)24/h7-14,18-19,24,27-28H,6,15-17H2,1-5H3,(H,32,36)(H,33,39)(H,34,41)(H,37,38)/t19-,27-,28-/m0/s1. The van der Waals surface area contributed by atoms with Crippen molar-refractivity contribution < 1.29 is 33.8 Å². The van der Waals surface area contributed by atoms with Gasteiger partial charge in [-0.05, 0) is 34.1 Å². The second-order valence-corrected chi connectivity index (χ2v) is 10.9. The first kappa shape index (κ1) is 32.1. The predicted octanol–water partition coefficient (Wildman–Crippen LogP) is 2.74. The zero-order valence-electron chi connectivity index (χ0n) is 24.7. The molecular weight excluding hydrogens is 540 g/mol. The largest absolute Gasteiger partial charge is 0.480 e. The van der Waals surface area contributed by atoms with Crippen molar-refractivity contribution in [2.45, 2.75) is 52.1 Å². The predicted molar refractivity (Wildman–Crippen MR) is 156 cm³/mol. The van der Waals surface area contributed by atoms with Gasteiger partial charge in [-0.1, -0.05) is 82.6 Å². The van der Waals surface area contributed by atoms with Crippen LogP contribution in [0.3, 0.4) is 0 Å². The van der Waals surface area contributed by atoms with E-state index in [0.717, 1.165) is 22.3 Å². The summed E-state index contributed by atoms with van der Waals surface area (Å²) < 4.78 is 5.67. The van der Waals surface area contributed by atoms with Crippen LogP contribution in [0.2, 0.25) is 0 Å². The molecule has 3 atom stereocenters.